The minimum absolute atomic E-state index is 0. The molecule has 1 amide bonds. The Kier molecular flexibility index (Phi) is 9.89. The van der Waals surface area contributed by atoms with Crippen molar-refractivity contribution >= 4 is 45.9 Å². The Morgan fingerprint density at radius 1 is 1.35 bits per heavy atom. The Morgan fingerprint density at radius 3 is 2.52 bits per heavy atom. The van der Waals surface area contributed by atoms with E-state index in [1.807, 2.05) is 0 Å². The lowest BCUT2D eigenvalue weighted by atomic mass is 10.3. The summed E-state index contributed by atoms with van der Waals surface area (Å²) in [5.41, 5.74) is -0.201. The summed E-state index contributed by atoms with van der Waals surface area (Å²) in [5.74, 6) is -3.43. The summed E-state index contributed by atoms with van der Waals surface area (Å²) in [5, 5.41) is 11.1. The molecule has 0 bridgehead atoms. The van der Waals surface area contributed by atoms with Crippen LogP contribution in [-0.2, 0) is 14.3 Å². The Hall–Kier alpha value is -1.29. The minimum atomic E-state index is -1.10. The lowest BCUT2D eigenvalue weighted by molar-refractivity contribution is -0.138. The van der Waals surface area contributed by atoms with Crippen LogP contribution in [0.3, 0.4) is 0 Å². The number of benzene rings is 1. The highest BCUT2D eigenvalue weighted by molar-refractivity contribution is 9.10. The first-order valence-corrected chi connectivity index (χ1v) is 7.00. The van der Waals surface area contributed by atoms with E-state index in [2.05, 4.69) is 21.2 Å². The van der Waals surface area contributed by atoms with E-state index in [9.17, 15) is 18.4 Å². The largest absolute Gasteiger partial charge is 0.480 e. The number of hydrogen-bond donors (Lipinski definition) is 2. The Bertz CT molecular complexity index is 540. The van der Waals surface area contributed by atoms with Crippen molar-refractivity contribution < 1.29 is 28.2 Å². The molecule has 0 heterocycles. The third-order valence-corrected chi connectivity index (χ3v) is 3.23. The van der Waals surface area contributed by atoms with Crippen LogP contribution in [0.1, 0.15) is 0 Å². The van der Waals surface area contributed by atoms with Crippen molar-refractivity contribution in [3.8, 4) is 0 Å². The van der Waals surface area contributed by atoms with E-state index in [4.69, 9.17) is 9.84 Å². The van der Waals surface area contributed by atoms with Crippen molar-refractivity contribution in [3.63, 3.8) is 0 Å². The number of carbonyl (C=O) groups is 2. The van der Waals surface area contributed by atoms with E-state index in [-0.39, 0.29) is 48.8 Å². The summed E-state index contributed by atoms with van der Waals surface area (Å²) in [6, 6.07) is 1.65. The molecule has 0 aliphatic carbocycles. The number of ether oxygens (including phenoxy) is 1. The number of carboxylic acid groups (broad SMARTS) is 1. The van der Waals surface area contributed by atoms with Gasteiger partial charge in [0.25, 0.3) is 0 Å². The molecule has 0 fully saturated rings. The molecule has 1 rings (SSSR count). The average Bonchev–Trinajstić information content (AvgIpc) is 2.39. The number of anilines is 1. The Balaban J connectivity index is 0.00000484. The third-order valence-electron chi connectivity index (χ3n) is 2.61. The van der Waals surface area contributed by atoms with E-state index in [0.717, 1.165) is 6.07 Å². The van der Waals surface area contributed by atoms with E-state index >= 15 is 0 Å². The van der Waals surface area contributed by atoms with Crippen molar-refractivity contribution in [2.24, 2.45) is 0 Å². The van der Waals surface area contributed by atoms with Gasteiger partial charge >= 0.3 is 5.97 Å². The first-order valence-electron chi connectivity index (χ1n) is 6.21. The molecule has 0 atom stereocenters. The van der Waals surface area contributed by atoms with Crippen LogP contribution in [-0.4, -0.2) is 55.2 Å². The van der Waals surface area contributed by atoms with Gasteiger partial charge in [-0.3, -0.25) is 14.5 Å². The molecule has 0 unspecified atom stereocenters. The number of aliphatic carboxylic acids is 1. The van der Waals surface area contributed by atoms with Gasteiger partial charge in [0.2, 0.25) is 5.91 Å². The number of methoxy groups -OCH3 is 1. The number of amides is 1. The molecule has 0 aliphatic rings. The van der Waals surface area contributed by atoms with E-state index in [1.165, 1.54) is 12.0 Å². The first kappa shape index (κ1) is 21.7. The molecule has 130 valence electrons. The van der Waals surface area contributed by atoms with E-state index < -0.39 is 23.5 Å². The molecule has 2 N–H and O–H groups in total. The smallest absolute Gasteiger partial charge is 0.317 e. The van der Waals surface area contributed by atoms with Gasteiger partial charge in [0.1, 0.15) is 5.82 Å². The van der Waals surface area contributed by atoms with E-state index in [0.29, 0.717) is 6.07 Å². The van der Waals surface area contributed by atoms with E-state index in [1.54, 1.807) is 0 Å². The second kappa shape index (κ2) is 10.5. The molecule has 0 aliphatic heterocycles. The summed E-state index contributed by atoms with van der Waals surface area (Å²) < 4.78 is 31.5. The Labute approximate surface area is 146 Å². The molecule has 0 saturated carbocycles. The fourth-order valence-corrected chi connectivity index (χ4v) is 2.18. The number of halogens is 4. The quantitative estimate of drug-likeness (QED) is 0.677. The molecule has 0 aromatic heterocycles. The second-order valence-corrected chi connectivity index (χ2v) is 5.24. The van der Waals surface area contributed by atoms with Gasteiger partial charge in [-0.25, -0.2) is 8.78 Å². The van der Waals surface area contributed by atoms with Crippen LogP contribution < -0.4 is 5.32 Å². The summed E-state index contributed by atoms with van der Waals surface area (Å²) in [4.78, 5) is 24.0. The van der Waals surface area contributed by atoms with Crippen LogP contribution in [0.5, 0.6) is 0 Å². The van der Waals surface area contributed by atoms with Gasteiger partial charge in [-0.05, 0) is 22.0 Å². The number of carbonyl (C=O) groups excluding carboxylic acids is 1. The number of hydrogen-bond acceptors (Lipinski definition) is 4. The number of rotatable bonds is 8. The lowest BCUT2D eigenvalue weighted by Gasteiger charge is -2.19. The van der Waals surface area contributed by atoms with Gasteiger partial charge in [0, 0.05) is 24.2 Å². The predicted molar refractivity (Wildman–Crippen MR) is 85.9 cm³/mol. The van der Waals surface area contributed by atoms with Crippen LogP contribution in [0.2, 0.25) is 0 Å². The van der Waals surface area contributed by atoms with Crippen LogP contribution in [0.25, 0.3) is 0 Å². The Morgan fingerprint density at radius 2 is 2.00 bits per heavy atom. The molecule has 6 nitrogen and oxygen atoms in total. The van der Waals surface area contributed by atoms with Crippen LogP contribution >= 0.6 is 28.3 Å². The van der Waals surface area contributed by atoms with Gasteiger partial charge < -0.3 is 15.2 Å². The van der Waals surface area contributed by atoms with Crippen LogP contribution in [0, 0.1) is 11.6 Å². The van der Waals surface area contributed by atoms with Crippen molar-refractivity contribution in [2.75, 3.05) is 38.7 Å². The first-order chi connectivity index (χ1) is 10.3. The van der Waals surface area contributed by atoms with Crippen LogP contribution in [0.15, 0.2) is 16.6 Å². The molecule has 0 radical (unpaired) electrons. The molecule has 0 spiro atoms. The van der Waals surface area contributed by atoms with Crippen molar-refractivity contribution in [3.05, 3.63) is 28.2 Å². The maximum Gasteiger partial charge on any atom is 0.317 e. The fourth-order valence-electron chi connectivity index (χ4n) is 1.67. The molecular formula is C13H16BrClF2N2O4. The second-order valence-electron chi connectivity index (χ2n) is 4.39. The summed E-state index contributed by atoms with van der Waals surface area (Å²) >= 11 is 2.95. The van der Waals surface area contributed by atoms with Gasteiger partial charge in [0.05, 0.1) is 25.4 Å². The van der Waals surface area contributed by atoms with Crippen molar-refractivity contribution in [1.82, 2.24) is 4.90 Å². The maximum absolute atomic E-state index is 13.6. The van der Waals surface area contributed by atoms with Gasteiger partial charge in [-0.2, -0.15) is 0 Å². The third kappa shape index (κ3) is 7.69. The van der Waals surface area contributed by atoms with Crippen LogP contribution in [0.4, 0.5) is 14.5 Å². The number of nitrogens with one attached hydrogen (secondary N) is 1. The summed E-state index contributed by atoms with van der Waals surface area (Å²) in [6.45, 7) is -0.152. The van der Waals surface area contributed by atoms with Gasteiger partial charge in [-0.1, -0.05) is 0 Å². The monoisotopic (exact) mass is 416 g/mol. The van der Waals surface area contributed by atoms with Crippen molar-refractivity contribution in [1.29, 1.82) is 0 Å². The highest BCUT2D eigenvalue weighted by Crippen LogP contribution is 2.26. The predicted octanol–water partition coefficient (Wildman–Crippen LogP) is 2.12. The zero-order valence-corrected chi connectivity index (χ0v) is 14.5. The highest BCUT2D eigenvalue weighted by atomic mass is 79.9. The average molecular weight is 418 g/mol. The summed E-state index contributed by atoms with van der Waals surface area (Å²) in [7, 11) is 1.45. The normalized spacial score (nSPS) is 10.3. The SMILES string of the molecule is COCCN(CC(=O)O)CC(=O)Nc1c(F)cc(F)cc1Br.Cl. The number of carboxylic acids is 1. The lowest BCUT2D eigenvalue weighted by Crippen LogP contribution is -2.39. The molecule has 23 heavy (non-hydrogen) atoms. The zero-order valence-electron chi connectivity index (χ0n) is 12.1. The molecule has 1 aromatic carbocycles. The number of nitrogens with zero attached hydrogens (tertiary/aromatic N) is 1. The zero-order chi connectivity index (χ0) is 16.7. The molecule has 10 heteroatoms. The molecular weight excluding hydrogens is 402 g/mol. The summed E-state index contributed by atoms with van der Waals surface area (Å²) in [6.07, 6.45) is 0. The fraction of sp³-hybridized carbons (Fsp3) is 0.385. The molecule has 0 saturated heterocycles. The van der Waals surface area contributed by atoms with Crippen molar-refractivity contribution in [2.45, 2.75) is 0 Å². The minimum Gasteiger partial charge on any atom is -0.480 e. The van der Waals surface area contributed by atoms with Gasteiger partial charge in [-0.15, -0.1) is 12.4 Å². The molecule has 1 aromatic rings. The maximum atomic E-state index is 13.6. The highest BCUT2D eigenvalue weighted by Gasteiger charge is 2.17. The van der Waals surface area contributed by atoms with Gasteiger partial charge in [0.15, 0.2) is 5.82 Å². The topological polar surface area (TPSA) is 78.9 Å². The standard InChI is InChI=1S/C13H15BrF2N2O4.ClH/c1-22-3-2-18(7-12(20)21)6-11(19)17-13-9(14)4-8(15)5-10(13)16;/h4-5H,2-3,6-7H2,1H3,(H,17,19)(H,20,21);1H.